The Morgan fingerprint density at radius 3 is 2.57 bits per heavy atom. The molecule has 4 amide bonds. The highest BCUT2D eigenvalue weighted by molar-refractivity contribution is 7.91. The fourth-order valence-electron chi connectivity index (χ4n) is 7.99. The van der Waals surface area contributed by atoms with Gasteiger partial charge in [-0.05, 0) is 75.8 Å². The van der Waals surface area contributed by atoms with Gasteiger partial charge in [0.1, 0.15) is 23.7 Å². The molecule has 0 spiro atoms. The average molecular weight is 748 g/mol. The number of sulfonamides is 1. The Balaban J connectivity index is 1.21. The van der Waals surface area contributed by atoms with Crippen molar-refractivity contribution in [2.45, 2.75) is 112 Å². The second-order valence-electron chi connectivity index (χ2n) is 15.1. The van der Waals surface area contributed by atoms with Crippen LogP contribution in [-0.4, -0.2) is 84.2 Å². The summed E-state index contributed by atoms with van der Waals surface area (Å²) in [6.07, 6.45) is 13.0. The fourth-order valence-corrected chi connectivity index (χ4v) is 9.36. The zero-order valence-corrected chi connectivity index (χ0v) is 30.8. The number of amides is 4. The predicted octanol–water partition coefficient (Wildman–Crippen LogP) is 4.51. The van der Waals surface area contributed by atoms with Gasteiger partial charge in [0.15, 0.2) is 0 Å². The molecule has 14 heteroatoms. The molecule has 53 heavy (non-hydrogen) atoms. The van der Waals surface area contributed by atoms with Gasteiger partial charge in [-0.1, -0.05) is 55.7 Å². The lowest BCUT2D eigenvalue weighted by atomic mass is 9.83. The smallest absolute Gasteiger partial charge is 0.407 e. The third-order valence-electron chi connectivity index (χ3n) is 11.3. The number of carbonyl (C=O) groups is 4. The van der Waals surface area contributed by atoms with E-state index in [1.54, 1.807) is 0 Å². The maximum absolute atomic E-state index is 14.7. The highest BCUT2D eigenvalue weighted by Gasteiger charge is 2.62. The number of nitrogens with zero attached hydrogens (tertiary/aromatic N) is 2. The van der Waals surface area contributed by atoms with E-state index in [9.17, 15) is 27.6 Å². The van der Waals surface area contributed by atoms with Gasteiger partial charge in [0.05, 0.1) is 23.9 Å². The van der Waals surface area contributed by atoms with Crippen molar-refractivity contribution in [1.29, 1.82) is 0 Å². The summed E-state index contributed by atoms with van der Waals surface area (Å²) in [6, 6.07) is 7.71. The molecular weight excluding hydrogens is 699 g/mol. The monoisotopic (exact) mass is 747 g/mol. The fraction of sp³-hybridized carbons (Fsp3) is 0.564. The number of pyridine rings is 1. The van der Waals surface area contributed by atoms with Gasteiger partial charge in [-0.2, -0.15) is 0 Å². The van der Waals surface area contributed by atoms with Crippen molar-refractivity contribution in [1.82, 2.24) is 25.2 Å². The molecule has 2 aromatic rings. The molecular formula is C39H49N5O8S. The number of allylic oxidation sites excluding steroid dienone is 1. The molecule has 3 N–H and O–H groups in total. The van der Waals surface area contributed by atoms with Gasteiger partial charge in [0.25, 0.3) is 5.91 Å². The molecule has 7 rings (SSSR count). The van der Waals surface area contributed by atoms with Gasteiger partial charge in [0, 0.05) is 23.3 Å². The Morgan fingerprint density at radius 2 is 1.81 bits per heavy atom. The minimum absolute atomic E-state index is 0.0225. The van der Waals surface area contributed by atoms with E-state index in [0.29, 0.717) is 25.1 Å². The van der Waals surface area contributed by atoms with E-state index in [-0.39, 0.29) is 31.9 Å². The Morgan fingerprint density at radius 1 is 1.04 bits per heavy atom. The lowest BCUT2D eigenvalue weighted by Gasteiger charge is -2.34. The molecule has 5 aliphatic rings. The summed E-state index contributed by atoms with van der Waals surface area (Å²) in [5.41, 5.74) is -0.0189. The van der Waals surface area contributed by atoms with Crippen LogP contribution in [0.15, 0.2) is 49.1 Å². The molecule has 1 aromatic carbocycles. The molecule has 3 heterocycles. The van der Waals surface area contributed by atoms with E-state index >= 15 is 0 Å². The molecule has 1 unspecified atom stereocenters. The van der Waals surface area contributed by atoms with Crippen molar-refractivity contribution < 1.29 is 37.1 Å². The first kappa shape index (κ1) is 36.9. The standard InChI is InChI=1S/C39H49N5O8S/c1-2-28-23-39(28,37(47)43-53(49,50)30-18-19-30)42-34(45)32-22-29-24-44(32)36(46)33(25-13-8-6-9-14-25)41-38(48)51-20-12-5-3-4-7-16-27-21-26-15-10-11-17-31(26)40-35(27)52-29/h2,7,10-11,15-17,21,25,28-30,32-33H,1,3-6,8-9,12-14,18-20,22-24H2,(H,41,48)(H,42,45)(H,43,47)/b16-7+/t28-,29+,32?,33-,39-/m0/s1. The lowest BCUT2D eigenvalue weighted by molar-refractivity contribution is -0.142. The van der Waals surface area contributed by atoms with Crippen molar-refractivity contribution in [3.05, 3.63) is 54.6 Å². The van der Waals surface area contributed by atoms with E-state index < -0.39 is 68.7 Å². The first-order valence-corrected chi connectivity index (χ1v) is 20.6. The number of carbonyl (C=O) groups excluding carboxylic acids is 4. The highest BCUT2D eigenvalue weighted by Crippen LogP contribution is 2.45. The molecule has 2 aliphatic heterocycles. The van der Waals surface area contributed by atoms with Gasteiger partial charge < -0.3 is 25.0 Å². The average Bonchev–Trinajstić information content (AvgIpc) is 4.08. The second kappa shape index (κ2) is 15.5. The van der Waals surface area contributed by atoms with Crippen LogP contribution < -0.4 is 20.1 Å². The number of nitrogens with one attached hydrogen (secondary N) is 3. The van der Waals surface area contributed by atoms with Crippen LogP contribution in [-0.2, 0) is 29.1 Å². The number of cyclic esters (lactones) is 1. The number of aromatic nitrogens is 1. The topological polar surface area (TPSA) is 173 Å². The zero-order chi connectivity index (χ0) is 37.2. The molecule has 0 radical (unpaired) electrons. The number of rotatable bonds is 7. The van der Waals surface area contributed by atoms with Crippen LogP contribution in [0.2, 0.25) is 0 Å². The lowest BCUT2D eigenvalue weighted by Crippen LogP contribution is -2.59. The van der Waals surface area contributed by atoms with E-state index in [1.807, 2.05) is 36.4 Å². The van der Waals surface area contributed by atoms with Crippen LogP contribution in [0.3, 0.4) is 0 Å². The number of fused-ring (bicyclic) bond motifs is 4. The SMILES string of the molecule is C=C[C@H]1C[C@@]1(NC(=O)C1C[C@@H]2CN1C(=O)[C@H](C1CCCCC1)NC(=O)OCCCCC/C=C/c1cc3ccccc3nc1O2)C(=O)NS(=O)(=O)C1CC1. The molecule has 3 saturated carbocycles. The van der Waals surface area contributed by atoms with Crippen LogP contribution in [0.5, 0.6) is 5.88 Å². The van der Waals surface area contributed by atoms with Gasteiger partial charge in [0.2, 0.25) is 27.7 Å². The highest BCUT2D eigenvalue weighted by atomic mass is 32.2. The molecule has 5 atom stereocenters. The van der Waals surface area contributed by atoms with Crippen LogP contribution in [0.4, 0.5) is 4.79 Å². The summed E-state index contributed by atoms with van der Waals surface area (Å²) in [5.74, 6) is -2.14. The predicted molar refractivity (Wildman–Crippen MR) is 198 cm³/mol. The molecule has 3 aliphatic carbocycles. The zero-order valence-electron chi connectivity index (χ0n) is 30.0. The second-order valence-corrected chi connectivity index (χ2v) is 17.1. The van der Waals surface area contributed by atoms with Crippen molar-refractivity contribution in [3.8, 4) is 5.88 Å². The van der Waals surface area contributed by atoms with E-state index in [1.165, 1.54) is 11.0 Å². The Labute approximate surface area is 310 Å². The number of benzene rings is 1. The van der Waals surface area contributed by atoms with Crippen LogP contribution in [0.1, 0.15) is 89.0 Å². The Hall–Kier alpha value is -4.46. The Kier molecular flexibility index (Phi) is 10.8. The first-order chi connectivity index (χ1) is 25.6. The summed E-state index contributed by atoms with van der Waals surface area (Å²) in [4.78, 5) is 62.0. The third-order valence-corrected chi connectivity index (χ3v) is 13.1. The van der Waals surface area contributed by atoms with Gasteiger partial charge in [-0.15, -0.1) is 6.58 Å². The van der Waals surface area contributed by atoms with E-state index in [2.05, 4.69) is 28.0 Å². The van der Waals surface area contributed by atoms with Crippen molar-refractivity contribution in [2.24, 2.45) is 11.8 Å². The van der Waals surface area contributed by atoms with Gasteiger partial charge >= 0.3 is 6.09 Å². The van der Waals surface area contributed by atoms with E-state index in [4.69, 9.17) is 14.5 Å². The largest absolute Gasteiger partial charge is 0.472 e. The summed E-state index contributed by atoms with van der Waals surface area (Å²) in [6.45, 7) is 4.04. The minimum Gasteiger partial charge on any atom is -0.472 e. The summed E-state index contributed by atoms with van der Waals surface area (Å²) >= 11 is 0. The molecule has 1 saturated heterocycles. The van der Waals surface area contributed by atoms with Crippen molar-refractivity contribution >= 4 is 50.8 Å². The normalized spacial score (nSPS) is 29.3. The number of alkyl carbamates (subject to hydrolysis) is 1. The number of ether oxygens (including phenoxy) is 2. The maximum atomic E-state index is 14.7. The number of hydrogen-bond acceptors (Lipinski definition) is 9. The van der Waals surface area contributed by atoms with Crippen molar-refractivity contribution in [2.75, 3.05) is 13.2 Å². The molecule has 284 valence electrons. The van der Waals surface area contributed by atoms with Crippen LogP contribution >= 0.6 is 0 Å². The quantitative estimate of drug-likeness (QED) is 0.345. The Bertz CT molecular complexity index is 1890. The van der Waals surface area contributed by atoms with Gasteiger partial charge in [-0.25, -0.2) is 18.2 Å². The summed E-state index contributed by atoms with van der Waals surface area (Å²) < 4.78 is 39.8. The van der Waals surface area contributed by atoms with Crippen LogP contribution in [0.25, 0.3) is 17.0 Å². The maximum Gasteiger partial charge on any atom is 0.407 e. The third kappa shape index (κ3) is 8.22. The number of hydrogen-bond donors (Lipinski definition) is 3. The van der Waals surface area contributed by atoms with Crippen molar-refractivity contribution in [3.63, 3.8) is 0 Å². The van der Waals surface area contributed by atoms with Crippen LogP contribution in [0, 0.1) is 11.8 Å². The molecule has 4 fully saturated rings. The van der Waals surface area contributed by atoms with Gasteiger partial charge in [-0.3, -0.25) is 19.1 Å². The summed E-state index contributed by atoms with van der Waals surface area (Å²) in [7, 11) is -3.88. The molecule has 1 aromatic heterocycles. The summed E-state index contributed by atoms with van der Waals surface area (Å²) in [5, 5.41) is 6.02. The molecule has 13 nitrogen and oxygen atoms in total. The minimum atomic E-state index is -3.88. The number of para-hydroxylation sites is 1. The van der Waals surface area contributed by atoms with E-state index in [0.717, 1.165) is 67.8 Å². The first-order valence-electron chi connectivity index (χ1n) is 19.1. The molecule has 2 bridgehead atoms.